The number of nitrogens with zero attached hydrogens (tertiary/aromatic N) is 1. The Bertz CT molecular complexity index is 564. The number of hydrogen-bond acceptors (Lipinski definition) is 3. The maximum atomic E-state index is 12.1. The monoisotopic (exact) mass is 269 g/mol. The van der Waals surface area contributed by atoms with E-state index in [1.165, 1.54) is 0 Å². The number of amides is 1. The van der Waals surface area contributed by atoms with Gasteiger partial charge in [0.2, 0.25) is 5.91 Å². The van der Waals surface area contributed by atoms with E-state index < -0.39 is 6.04 Å². The van der Waals surface area contributed by atoms with Gasteiger partial charge in [0.15, 0.2) is 0 Å². The normalized spacial score (nSPS) is 11.8. The van der Waals surface area contributed by atoms with Gasteiger partial charge in [-0.05, 0) is 29.8 Å². The molecule has 20 heavy (non-hydrogen) atoms. The molecule has 0 heterocycles. The van der Waals surface area contributed by atoms with Crippen LogP contribution in [-0.2, 0) is 4.79 Å². The SMILES string of the molecule is CN(C)c1ccc(NC(=O)C(N)c2ccccc2)cc1. The van der Waals surface area contributed by atoms with Gasteiger partial charge in [0.1, 0.15) is 6.04 Å². The number of carbonyl (C=O) groups is 1. The first kappa shape index (κ1) is 14.1. The van der Waals surface area contributed by atoms with Gasteiger partial charge in [0, 0.05) is 25.5 Å². The third kappa shape index (κ3) is 3.36. The van der Waals surface area contributed by atoms with Gasteiger partial charge >= 0.3 is 0 Å². The number of carbonyl (C=O) groups excluding carboxylic acids is 1. The van der Waals surface area contributed by atoms with Crippen LogP contribution in [0.5, 0.6) is 0 Å². The zero-order valence-corrected chi connectivity index (χ0v) is 11.7. The molecule has 2 rings (SSSR count). The summed E-state index contributed by atoms with van der Waals surface area (Å²) in [6.45, 7) is 0. The van der Waals surface area contributed by atoms with E-state index in [-0.39, 0.29) is 5.91 Å². The first-order chi connectivity index (χ1) is 9.58. The van der Waals surface area contributed by atoms with Gasteiger partial charge in [0.25, 0.3) is 0 Å². The average molecular weight is 269 g/mol. The van der Waals surface area contributed by atoms with Crippen molar-refractivity contribution >= 4 is 17.3 Å². The number of nitrogens with one attached hydrogen (secondary N) is 1. The summed E-state index contributed by atoms with van der Waals surface area (Å²) in [4.78, 5) is 14.1. The molecule has 4 nitrogen and oxygen atoms in total. The van der Waals surface area contributed by atoms with Crippen LogP contribution < -0.4 is 16.0 Å². The van der Waals surface area contributed by atoms with E-state index in [1.807, 2.05) is 73.6 Å². The summed E-state index contributed by atoms with van der Waals surface area (Å²) in [6, 6.07) is 16.3. The van der Waals surface area contributed by atoms with Crippen molar-refractivity contribution in [3.63, 3.8) is 0 Å². The smallest absolute Gasteiger partial charge is 0.245 e. The molecule has 0 fully saturated rings. The van der Waals surface area contributed by atoms with Gasteiger partial charge in [-0.3, -0.25) is 4.79 Å². The largest absolute Gasteiger partial charge is 0.378 e. The highest BCUT2D eigenvalue weighted by Gasteiger charge is 2.15. The van der Waals surface area contributed by atoms with Crippen molar-refractivity contribution in [3.8, 4) is 0 Å². The second kappa shape index (κ2) is 6.21. The van der Waals surface area contributed by atoms with E-state index in [0.29, 0.717) is 0 Å². The van der Waals surface area contributed by atoms with Crippen LogP contribution >= 0.6 is 0 Å². The lowest BCUT2D eigenvalue weighted by atomic mass is 10.1. The zero-order chi connectivity index (χ0) is 14.5. The van der Waals surface area contributed by atoms with Crippen LogP contribution in [0.3, 0.4) is 0 Å². The van der Waals surface area contributed by atoms with Crippen molar-refractivity contribution < 1.29 is 4.79 Å². The summed E-state index contributed by atoms with van der Waals surface area (Å²) in [5.41, 5.74) is 8.57. The number of nitrogens with two attached hydrogens (primary N) is 1. The standard InChI is InChI=1S/C16H19N3O/c1-19(2)14-10-8-13(9-11-14)18-16(20)15(17)12-6-4-3-5-7-12/h3-11,15H,17H2,1-2H3,(H,18,20). The lowest BCUT2D eigenvalue weighted by Crippen LogP contribution is -2.27. The molecular formula is C16H19N3O. The Morgan fingerprint density at radius 2 is 1.65 bits per heavy atom. The minimum Gasteiger partial charge on any atom is -0.378 e. The molecule has 1 atom stereocenters. The molecule has 1 unspecified atom stereocenters. The van der Waals surface area contributed by atoms with E-state index >= 15 is 0 Å². The Morgan fingerprint density at radius 1 is 1.05 bits per heavy atom. The highest BCUT2D eigenvalue weighted by atomic mass is 16.2. The van der Waals surface area contributed by atoms with Gasteiger partial charge < -0.3 is 16.0 Å². The van der Waals surface area contributed by atoms with E-state index in [9.17, 15) is 4.79 Å². The van der Waals surface area contributed by atoms with Crippen LogP contribution in [0.25, 0.3) is 0 Å². The molecule has 1 amide bonds. The van der Waals surface area contributed by atoms with Crippen LogP contribution in [0.2, 0.25) is 0 Å². The quantitative estimate of drug-likeness (QED) is 0.896. The molecule has 0 aliphatic carbocycles. The molecule has 3 N–H and O–H groups in total. The van der Waals surface area contributed by atoms with Crippen molar-refractivity contribution in [1.82, 2.24) is 0 Å². The number of rotatable bonds is 4. The summed E-state index contributed by atoms with van der Waals surface area (Å²) in [6.07, 6.45) is 0. The van der Waals surface area contributed by atoms with Crippen molar-refractivity contribution in [2.24, 2.45) is 5.73 Å². The summed E-state index contributed by atoms with van der Waals surface area (Å²) in [5, 5.41) is 2.82. The van der Waals surface area contributed by atoms with Crippen LogP contribution in [0.15, 0.2) is 54.6 Å². The van der Waals surface area contributed by atoms with Gasteiger partial charge in [-0.15, -0.1) is 0 Å². The molecule has 0 aliphatic heterocycles. The van der Waals surface area contributed by atoms with E-state index in [0.717, 1.165) is 16.9 Å². The molecule has 0 aliphatic rings. The molecule has 0 spiro atoms. The Kier molecular flexibility index (Phi) is 4.38. The van der Waals surface area contributed by atoms with Gasteiger partial charge in [0.05, 0.1) is 0 Å². The molecule has 0 bridgehead atoms. The van der Waals surface area contributed by atoms with Crippen LogP contribution in [-0.4, -0.2) is 20.0 Å². The van der Waals surface area contributed by atoms with Crippen molar-refractivity contribution in [1.29, 1.82) is 0 Å². The van der Waals surface area contributed by atoms with Crippen LogP contribution in [0.4, 0.5) is 11.4 Å². The Morgan fingerprint density at radius 3 is 2.20 bits per heavy atom. The minimum absolute atomic E-state index is 0.214. The predicted molar refractivity (Wildman–Crippen MR) is 82.8 cm³/mol. The fourth-order valence-electron chi connectivity index (χ4n) is 1.87. The molecule has 104 valence electrons. The van der Waals surface area contributed by atoms with E-state index in [2.05, 4.69) is 5.32 Å². The summed E-state index contributed by atoms with van der Waals surface area (Å²) in [5.74, 6) is -0.214. The fraction of sp³-hybridized carbons (Fsp3) is 0.188. The summed E-state index contributed by atoms with van der Waals surface area (Å²) < 4.78 is 0. The molecule has 2 aromatic rings. The Balaban J connectivity index is 2.04. The third-order valence-corrected chi connectivity index (χ3v) is 3.09. The fourth-order valence-corrected chi connectivity index (χ4v) is 1.87. The minimum atomic E-state index is -0.662. The first-order valence-electron chi connectivity index (χ1n) is 6.46. The lowest BCUT2D eigenvalue weighted by Gasteiger charge is -2.15. The van der Waals surface area contributed by atoms with E-state index in [4.69, 9.17) is 5.73 Å². The van der Waals surface area contributed by atoms with E-state index in [1.54, 1.807) is 0 Å². The van der Waals surface area contributed by atoms with Gasteiger partial charge in [-0.1, -0.05) is 30.3 Å². The Labute approximate surface area is 119 Å². The summed E-state index contributed by atoms with van der Waals surface area (Å²) >= 11 is 0. The number of hydrogen-bond donors (Lipinski definition) is 2. The topological polar surface area (TPSA) is 58.4 Å². The Hall–Kier alpha value is -2.33. The first-order valence-corrected chi connectivity index (χ1v) is 6.46. The maximum absolute atomic E-state index is 12.1. The van der Waals surface area contributed by atoms with Crippen molar-refractivity contribution in [2.45, 2.75) is 6.04 Å². The van der Waals surface area contributed by atoms with Crippen molar-refractivity contribution in [3.05, 3.63) is 60.2 Å². The zero-order valence-electron chi connectivity index (χ0n) is 11.7. The highest BCUT2D eigenvalue weighted by molar-refractivity contribution is 5.95. The number of benzene rings is 2. The number of anilines is 2. The molecule has 0 saturated carbocycles. The molecule has 0 saturated heterocycles. The third-order valence-electron chi connectivity index (χ3n) is 3.09. The predicted octanol–water partition coefficient (Wildman–Crippen LogP) is 2.39. The lowest BCUT2D eigenvalue weighted by molar-refractivity contribution is -0.117. The molecule has 4 heteroatoms. The van der Waals surface area contributed by atoms with Gasteiger partial charge in [-0.25, -0.2) is 0 Å². The highest BCUT2D eigenvalue weighted by Crippen LogP contribution is 2.17. The average Bonchev–Trinajstić information content (AvgIpc) is 2.48. The van der Waals surface area contributed by atoms with Crippen molar-refractivity contribution in [2.75, 3.05) is 24.3 Å². The second-order valence-corrected chi connectivity index (χ2v) is 4.82. The summed E-state index contributed by atoms with van der Waals surface area (Å²) in [7, 11) is 3.94. The van der Waals surface area contributed by atoms with Crippen LogP contribution in [0.1, 0.15) is 11.6 Å². The second-order valence-electron chi connectivity index (χ2n) is 4.82. The van der Waals surface area contributed by atoms with Crippen LogP contribution in [0, 0.1) is 0 Å². The maximum Gasteiger partial charge on any atom is 0.245 e. The molecule has 0 radical (unpaired) electrons. The molecular weight excluding hydrogens is 250 g/mol. The molecule has 2 aromatic carbocycles. The molecule has 0 aromatic heterocycles. The van der Waals surface area contributed by atoms with Gasteiger partial charge in [-0.2, -0.15) is 0 Å².